The first-order valence-corrected chi connectivity index (χ1v) is 4.45. The summed E-state index contributed by atoms with van der Waals surface area (Å²) in [7, 11) is 0. The minimum absolute atomic E-state index is 0.345. The zero-order valence-electron chi connectivity index (χ0n) is 8.39. The Balaban J connectivity index is 3.87. The highest BCUT2D eigenvalue weighted by Crippen LogP contribution is 1.94. The first-order valence-electron chi connectivity index (χ1n) is 4.45. The summed E-state index contributed by atoms with van der Waals surface area (Å²) in [6.07, 6.45) is -0.345. The van der Waals surface area contributed by atoms with Gasteiger partial charge in [0.05, 0.1) is 0 Å². The van der Waals surface area contributed by atoms with E-state index in [0.717, 1.165) is 0 Å². The van der Waals surface area contributed by atoms with E-state index in [-0.39, 0.29) is 6.29 Å². The van der Waals surface area contributed by atoms with Crippen LogP contribution < -0.4 is 0 Å². The SMILES string of the molecule is CCOC(C#CC(C)C)OCC. The van der Waals surface area contributed by atoms with Crippen LogP contribution in [0.1, 0.15) is 27.7 Å². The van der Waals surface area contributed by atoms with Crippen molar-refractivity contribution in [2.24, 2.45) is 5.92 Å². The van der Waals surface area contributed by atoms with Gasteiger partial charge in [-0.3, -0.25) is 0 Å². The maximum Gasteiger partial charge on any atom is 0.222 e. The van der Waals surface area contributed by atoms with Crippen LogP contribution in [0.4, 0.5) is 0 Å². The maximum atomic E-state index is 5.24. The van der Waals surface area contributed by atoms with E-state index in [1.165, 1.54) is 0 Å². The van der Waals surface area contributed by atoms with Crippen LogP contribution in [0.15, 0.2) is 0 Å². The minimum atomic E-state index is -0.345. The Morgan fingerprint density at radius 3 is 1.83 bits per heavy atom. The van der Waals surface area contributed by atoms with Gasteiger partial charge in [-0.2, -0.15) is 0 Å². The molecule has 0 radical (unpaired) electrons. The molecule has 0 saturated heterocycles. The zero-order valence-corrected chi connectivity index (χ0v) is 8.39. The van der Waals surface area contributed by atoms with Crippen molar-refractivity contribution in [3.05, 3.63) is 0 Å². The smallest absolute Gasteiger partial charge is 0.222 e. The van der Waals surface area contributed by atoms with Gasteiger partial charge in [-0.05, 0) is 19.8 Å². The molecule has 0 bridgehead atoms. The van der Waals surface area contributed by atoms with Gasteiger partial charge >= 0.3 is 0 Å². The van der Waals surface area contributed by atoms with E-state index in [9.17, 15) is 0 Å². The van der Waals surface area contributed by atoms with Crippen molar-refractivity contribution < 1.29 is 9.47 Å². The van der Waals surface area contributed by atoms with Crippen molar-refractivity contribution in [3.63, 3.8) is 0 Å². The average Bonchev–Trinajstić information content (AvgIpc) is 2.01. The van der Waals surface area contributed by atoms with E-state index in [0.29, 0.717) is 19.1 Å². The van der Waals surface area contributed by atoms with E-state index >= 15 is 0 Å². The maximum absolute atomic E-state index is 5.24. The van der Waals surface area contributed by atoms with Gasteiger partial charge in [-0.1, -0.05) is 19.8 Å². The van der Waals surface area contributed by atoms with Crippen LogP contribution in [0.5, 0.6) is 0 Å². The summed E-state index contributed by atoms with van der Waals surface area (Å²) in [5.41, 5.74) is 0. The van der Waals surface area contributed by atoms with Gasteiger partial charge in [0.15, 0.2) is 0 Å². The van der Waals surface area contributed by atoms with Crippen LogP contribution in [-0.4, -0.2) is 19.5 Å². The molecular weight excluding hydrogens is 152 g/mol. The van der Waals surface area contributed by atoms with Crippen molar-refractivity contribution in [2.45, 2.75) is 34.0 Å². The summed E-state index contributed by atoms with van der Waals surface area (Å²) in [5, 5.41) is 0. The van der Waals surface area contributed by atoms with Crippen molar-refractivity contribution in [1.82, 2.24) is 0 Å². The summed E-state index contributed by atoms with van der Waals surface area (Å²) in [6, 6.07) is 0. The highest BCUT2D eigenvalue weighted by atomic mass is 16.7. The van der Waals surface area contributed by atoms with E-state index in [4.69, 9.17) is 9.47 Å². The lowest BCUT2D eigenvalue weighted by Crippen LogP contribution is -2.14. The molecule has 0 aliphatic heterocycles. The molecule has 2 heteroatoms. The summed E-state index contributed by atoms with van der Waals surface area (Å²) in [6.45, 7) is 9.23. The summed E-state index contributed by atoms with van der Waals surface area (Å²) >= 11 is 0. The molecule has 0 N–H and O–H groups in total. The molecule has 0 rings (SSSR count). The van der Waals surface area contributed by atoms with Gasteiger partial charge in [0.25, 0.3) is 0 Å². The molecular formula is C10H18O2. The Kier molecular flexibility index (Phi) is 6.84. The fourth-order valence-corrected chi connectivity index (χ4v) is 0.669. The lowest BCUT2D eigenvalue weighted by molar-refractivity contribution is -0.0970. The van der Waals surface area contributed by atoms with Crippen LogP contribution in [0.2, 0.25) is 0 Å². The molecule has 70 valence electrons. The molecule has 0 saturated carbocycles. The van der Waals surface area contributed by atoms with Crippen molar-refractivity contribution in [1.29, 1.82) is 0 Å². The highest BCUT2D eigenvalue weighted by Gasteiger charge is 2.01. The second-order valence-electron chi connectivity index (χ2n) is 2.69. The van der Waals surface area contributed by atoms with Crippen molar-refractivity contribution in [3.8, 4) is 11.8 Å². The van der Waals surface area contributed by atoms with Crippen molar-refractivity contribution >= 4 is 0 Å². The fraction of sp³-hybridized carbons (Fsp3) is 0.800. The molecule has 0 unspecified atom stereocenters. The number of ether oxygens (including phenoxy) is 2. The quantitative estimate of drug-likeness (QED) is 0.475. The molecule has 0 spiro atoms. The third kappa shape index (κ3) is 6.21. The van der Waals surface area contributed by atoms with Crippen LogP contribution in [0.3, 0.4) is 0 Å². The van der Waals surface area contributed by atoms with Crippen molar-refractivity contribution in [2.75, 3.05) is 13.2 Å². The largest absolute Gasteiger partial charge is 0.342 e. The topological polar surface area (TPSA) is 18.5 Å². The number of hydrogen-bond donors (Lipinski definition) is 0. The summed E-state index contributed by atoms with van der Waals surface area (Å²) < 4.78 is 10.5. The molecule has 2 nitrogen and oxygen atoms in total. The molecule has 0 aliphatic carbocycles. The highest BCUT2D eigenvalue weighted by molar-refractivity contribution is 5.04. The van der Waals surface area contributed by atoms with Crippen LogP contribution >= 0.6 is 0 Å². The normalized spacial score (nSPS) is 10.2. The standard InChI is InChI=1S/C10H18O2/c1-5-11-10(12-6-2)8-7-9(3)4/h9-10H,5-6H2,1-4H3. The predicted octanol–water partition coefficient (Wildman–Crippen LogP) is 2.04. The first-order chi connectivity index (χ1) is 5.70. The molecule has 0 aromatic heterocycles. The Morgan fingerprint density at radius 1 is 1.00 bits per heavy atom. The van der Waals surface area contributed by atoms with Gasteiger partial charge in [0.1, 0.15) is 0 Å². The minimum Gasteiger partial charge on any atom is -0.342 e. The Bertz CT molecular complexity index is 147. The second-order valence-corrected chi connectivity index (χ2v) is 2.69. The van der Waals surface area contributed by atoms with Gasteiger partial charge in [-0.25, -0.2) is 0 Å². The lowest BCUT2D eigenvalue weighted by Gasteiger charge is -2.09. The molecule has 0 heterocycles. The van der Waals surface area contributed by atoms with Crippen LogP contribution in [0.25, 0.3) is 0 Å². The second kappa shape index (κ2) is 7.15. The van der Waals surface area contributed by atoms with Gasteiger partial charge in [0, 0.05) is 19.1 Å². The van der Waals surface area contributed by atoms with E-state index in [1.807, 2.05) is 27.7 Å². The third-order valence-electron chi connectivity index (χ3n) is 1.13. The lowest BCUT2D eigenvalue weighted by atomic mass is 10.2. The average molecular weight is 170 g/mol. The molecule has 0 aromatic rings. The van der Waals surface area contributed by atoms with Gasteiger partial charge < -0.3 is 9.47 Å². The third-order valence-corrected chi connectivity index (χ3v) is 1.13. The Labute approximate surface area is 75.3 Å². The molecule has 0 fully saturated rings. The number of rotatable bonds is 4. The Hall–Kier alpha value is -0.520. The van der Waals surface area contributed by atoms with Crippen LogP contribution in [-0.2, 0) is 9.47 Å². The van der Waals surface area contributed by atoms with E-state index < -0.39 is 0 Å². The monoisotopic (exact) mass is 170 g/mol. The molecule has 12 heavy (non-hydrogen) atoms. The molecule has 0 aromatic carbocycles. The summed E-state index contributed by atoms with van der Waals surface area (Å²) in [4.78, 5) is 0. The molecule has 0 atom stereocenters. The van der Waals surface area contributed by atoms with Crippen LogP contribution in [0, 0.1) is 17.8 Å². The fourth-order valence-electron chi connectivity index (χ4n) is 0.669. The van der Waals surface area contributed by atoms with Gasteiger partial charge in [0.2, 0.25) is 6.29 Å². The number of hydrogen-bond acceptors (Lipinski definition) is 2. The van der Waals surface area contributed by atoms with E-state index in [1.54, 1.807) is 0 Å². The van der Waals surface area contributed by atoms with E-state index in [2.05, 4.69) is 11.8 Å². The zero-order chi connectivity index (χ0) is 9.40. The Morgan fingerprint density at radius 2 is 1.50 bits per heavy atom. The predicted molar refractivity (Wildman–Crippen MR) is 49.7 cm³/mol. The molecule has 0 aliphatic rings. The first kappa shape index (κ1) is 11.5. The molecule has 0 amide bonds. The van der Waals surface area contributed by atoms with Gasteiger partial charge in [-0.15, -0.1) is 0 Å². The summed E-state index contributed by atoms with van der Waals surface area (Å²) in [5.74, 6) is 6.31.